The minimum absolute atomic E-state index is 0.207. The van der Waals surface area contributed by atoms with Gasteiger partial charge in [0.1, 0.15) is 0 Å². The van der Waals surface area contributed by atoms with E-state index in [2.05, 4.69) is 16.4 Å². The molecule has 1 aromatic heterocycles. The zero-order valence-corrected chi connectivity index (χ0v) is 13.3. The third kappa shape index (κ3) is 2.95. The van der Waals surface area contributed by atoms with Crippen LogP contribution in [0.3, 0.4) is 0 Å². The number of carbonyl (C=O) groups is 1. The molecule has 0 bridgehead atoms. The molecule has 1 aromatic carbocycles. The van der Waals surface area contributed by atoms with Gasteiger partial charge in [0.25, 0.3) is 0 Å². The summed E-state index contributed by atoms with van der Waals surface area (Å²) in [6.07, 6.45) is 8.02. The maximum Gasteiger partial charge on any atom is 0.169 e. The lowest BCUT2D eigenvalue weighted by Crippen LogP contribution is -2.33. The van der Waals surface area contributed by atoms with E-state index in [0.29, 0.717) is 12.1 Å². The first kappa shape index (κ1) is 14.6. The Balaban J connectivity index is 1.71. The number of Topliss-reactive ketones (excluding diaryl/α,β-unsaturated/α-hetero) is 1. The van der Waals surface area contributed by atoms with Gasteiger partial charge in [-0.1, -0.05) is 18.2 Å². The van der Waals surface area contributed by atoms with Crippen molar-refractivity contribution in [3.8, 4) is 0 Å². The van der Waals surface area contributed by atoms with E-state index in [1.165, 1.54) is 0 Å². The molecule has 4 nitrogen and oxygen atoms in total. The molecule has 0 saturated heterocycles. The SMILES string of the molecule is NC1CCC(Nc2c(C(=O)C3CC3)cnc3ccccc23)CC1. The van der Waals surface area contributed by atoms with Crippen molar-refractivity contribution in [2.45, 2.75) is 50.6 Å². The van der Waals surface area contributed by atoms with Crippen LogP contribution in [0.25, 0.3) is 10.9 Å². The van der Waals surface area contributed by atoms with E-state index in [9.17, 15) is 4.79 Å². The molecule has 0 amide bonds. The number of carbonyl (C=O) groups excluding carboxylic acids is 1. The molecule has 2 fully saturated rings. The Morgan fingerprint density at radius 2 is 1.83 bits per heavy atom. The summed E-state index contributed by atoms with van der Waals surface area (Å²) in [5, 5.41) is 4.71. The van der Waals surface area contributed by atoms with E-state index in [0.717, 1.165) is 60.7 Å². The average molecular weight is 309 g/mol. The molecule has 0 atom stereocenters. The summed E-state index contributed by atoms with van der Waals surface area (Å²) >= 11 is 0. The van der Waals surface area contributed by atoms with Crippen LogP contribution in [-0.4, -0.2) is 22.9 Å². The summed E-state index contributed by atoms with van der Waals surface area (Å²) in [5.74, 6) is 0.455. The van der Waals surface area contributed by atoms with E-state index < -0.39 is 0 Å². The second-order valence-electron chi connectivity index (χ2n) is 6.96. The number of ketones is 1. The molecule has 2 aromatic rings. The number of rotatable bonds is 4. The number of fused-ring (bicyclic) bond motifs is 1. The van der Waals surface area contributed by atoms with Crippen molar-refractivity contribution in [3.05, 3.63) is 36.0 Å². The Kier molecular flexibility index (Phi) is 3.77. The van der Waals surface area contributed by atoms with Gasteiger partial charge in [-0.05, 0) is 44.6 Å². The molecule has 0 unspecified atom stereocenters. The van der Waals surface area contributed by atoms with Gasteiger partial charge in [0, 0.05) is 29.6 Å². The number of anilines is 1. The topological polar surface area (TPSA) is 68.0 Å². The molecule has 4 rings (SSSR count). The Morgan fingerprint density at radius 3 is 2.57 bits per heavy atom. The minimum Gasteiger partial charge on any atom is -0.381 e. The number of hydrogen-bond donors (Lipinski definition) is 2. The Labute approximate surface area is 136 Å². The molecule has 23 heavy (non-hydrogen) atoms. The number of aromatic nitrogens is 1. The van der Waals surface area contributed by atoms with Crippen molar-refractivity contribution in [2.24, 2.45) is 11.7 Å². The van der Waals surface area contributed by atoms with Crippen LogP contribution in [0.1, 0.15) is 48.9 Å². The molecular weight excluding hydrogens is 286 g/mol. The standard InChI is InChI=1S/C19H23N3O/c20-13-7-9-14(10-8-13)22-18-15-3-1-2-4-17(15)21-11-16(18)19(23)12-5-6-12/h1-4,11-14H,5-10,20H2,(H,21,22). The van der Waals surface area contributed by atoms with Gasteiger partial charge in [-0.2, -0.15) is 0 Å². The van der Waals surface area contributed by atoms with Crippen LogP contribution in [0.15, 0.2) is 30.5 Å². The van der Waals surface area contributed by atoms with Gasteiger partial charge in [-0.25, -0.2) is 0 Å². The highest BCUT2D eigenvalue weighted by atomic mass is 16.1. The predicted molar refractivity (Wildman–Crippen MR) is 92.7 cm³/mol. The smallest absolute Gasteiger partial charge is 0.169 e. The van der Waals surface area contributed by atoms with Crippen molar-refractivity contribution in [1.82, 2.24) is 4.98 Å². The van der Waals surface area contributed by atoms with Crippen LogP contribution in [-0.2, 0) is 0 Å². The minimum atomic E-state index is 0.207. The fourth-order valence-corrected chi connectivity index (χ4v) is 3.52. The van der Waals surface area contributed by atoms with Gasteiger partial charge in [-0.3, -0.25) is 9.78 Å². The Hall–Kier alpha value is -1.94. The summed E-state index contributed by atoms with van der Waals surface area (Å²) in [5.41, 5.74) is 8.70. The lowest BCUT2D eigenvalue weighted by molar-refractivity contribution is 0.0968. The number of para-hydroxylation sites is 1. The maximum atomic E-state index is 12.7. The molecule has 0 spiro atoms. The van der Waals surface area contributed by atoms with Crippen molar-refractivity contribution >= 4 is 22.4 Å². The van der Waals surface area contributed by atoms with E-state index in [1.54, 1.807) is 6.20 Å². The number of nitrogens with zero attached hydrogens (tertiary/aromatic N) is 1. The molecule has 2 saturated carbocycles. The third-order valence-corrected chi connectivity index (χ3v) is 5.11. The summed E-state index contributed by atoms with van der Waals surface area (Å²) in [6, 6.07) is 8.78. The molecule has 0 aliphatic heterocycles. The zero-order valence-electron chi connectivity index (χ0n) is 13.3. The van der Waals surface area contributed by atoms with E-state index in [1.807, 2.05) is 18.2 Å². The maximum absolute atomic E-state index is 12.7. The van der Waals surface area contributed by atoms with Crippen LogP contribution in [0, 0.1) is 5.92 Å². The number of nitrogens with one attached hydrogen (secondary N) is 1. The van der Waals surface area contributed by atoms with Gasteiger partial charge < -0.3 is 11.1 Å². The first-order chi connectivity index (χ1) is 11.2. The summed E-state index contributed by atoms with van der Waals surface area (Å²) < 4.78 is 0. The second-order valence-corrected chi connectivity index (χ2v) is 6.96. The van der Waals surface area contributed by atoms with Gasteiger partial charge >= 0.3 is 0 Å². The van der Waals surface area contributed by atoms with Crippen molar-refractivity contribution in [2.75, 3.05) is 5.32 Å². The Bertz CT molecular complexity index is 730. The number of hydrogen-bond acceptors (Lipinski definition) is 4. The lowest BCUT2D eigenvalue weighted by atomic mass is 9.91. The van der Waals surface area contributed by atoms with Gasteiger partial charge in [-0.15, -0.1) is 0 Å². The molecule has 0 radical (unpaired) electrons. The van der Waals surface area contributed by atoms with E-state index >= 15 is 0 Å². The van der Waals surface area contributed by atoms with Gasteiger partial charge in [0.2, 0.25) is 0 Å². The predicted octanol–water partition coefficient (Wildman–Crippen LogP) is 3.51. The van der Waals surface area contributed by atoms with Crippen LogP contribution in [0.2, 0.25) is 0 Å². The number of pyridine rings is 1. The van der Waals surface area contributed by atoms with Crippen molar-refractivity contribution in [1.29, 1.82) is 0 Å². The molecule has 1 heterocycles. The first-order valence-electron chi connectivity index (χ1n) is 8.66. The first-order valence-corrected chi connectivity index (χ1v) is 8.66. The van der Waals surface area contributed by atoms with Crippen molar-refractivity contribution in [3.63, 3.8) is 0 Å². The number of nitrogens with two attached hydrogens (primary N) is 1. The van der Waals surface area contributed by atoms with Crippen LogP contribution in [0.5, 0.6) is 0 Å². The molecule has 4 heteroatoms. The zero-order chi connectivity index (χ0) is 15.8. The third-order valence-electron chi connectivity index (χ3n) is 5.11. The largest absolute Gasteiger partial charge is 0.381 e. The number of benzene rings is 1. The van der Waals surface area contributed by atoms with Crippen LogP contribution < -0.4 is 11.1 Å². The second kappa shape index (κ2) is 5.93. The molecule has 3 N–H and O–H groups in total. The van der Waals surface area contributed by atoms with E-state index in [4.69, 9.17) is 5.73 Å². The fourth-order valence-electron chi connectivity index (χ4n) is 3.52. The Morgan fingerprint density at radius 1 is 1.09 bits per heavy atom. The summed E-state index contributed by atoms with van der Waals surface area (Å²) in [6.45, 7) is 0. The molecule has 120 valence electrons. The van der Waals surface area contributed by atoms with Gasteiger partial charge in [0.15, 0.2) is 5.78 Å². The normalized spacial score (nSPS) is 24.6. The highest BCUT2D eigenvalue weighted by molar-refractivity contribution is 6.09. The van der Waals surface area contributed by atoms with Crippen LogP contribution >= 0.6 is 0 Å². The van der Waals surface area contributed by atoms with Crippen molar-refractivity contribution < 1.29 is 4.79 Å². The highest BCUT2D eigenvalue weighted by Gasteiger charge is 2.33. The van der Waals surface area contributed by atoms with Crippen LogP contribution in [0.4, 0.5) is 5.69 Å². The van der Waals surface area contributed by atoms with Gasteiger partial charge in [0.05, 0.1) is 16.8 Å². The monoisotopic (exact) mass is 309 g/mol. The lowest BCUT2D eigenvalue weighted by Gasteiger charge is -2.28. The molecule has 2 aliphatic rings. The fraction of sp³-hybridized carbons (Fsp3) is 0.474. The summed E-state index contributed by atoms with van der Waals surface area (Å²) in [7, 11) is 0. The molecule has 2 aliphatic carbocycles. The van der Waals surface area contributed by atoms with E-state index in [-0.39, 0.29) is 11.7 Å². The highest BCUT2D eigenvalue weighted by Crippen LogP contribution is 2.37. The summed E-state index contributed by atoms with van der Waals surface area (Å²) in [4.78, 5) is 17.2. The molecular formula is C19H23N3O. The average Bonchev–Trinajstić information content (AvgIpc) is 3.41. The quantitative estimate of drug-likeness (QED) is 0.848.